The number of rotatable bonds is 4. The van der Waals surface area contributed by atoms with Crippen molar-refractivity contribution >= 4 is 23.2 Å². The highest BCUT2D eigenvalue weighted by atomic mass is 35.5. The van der Waals surface area contributed by atoms with E-state index in [9.17, 15) is 0 Å². The van der Waals surface area contributed by atoms with Gasteiger partial charge in [-0.05, 0) is 53.3 Å². The molecule has 22 heavy (non-hydrogen) atoms. The Morgan fingerprint density at radius 3 is 1.82 bits per heavy atom. The first-order chi connectivity index (χ1) is 10.7. The van der Waals surface area contributed by atoms with Crippen molar-refractivity contribution in [1.82, 2.24) is 0 Å². The van der Waals surface area contributed by atoms with Crippen LogP contribution < -0.4 is 0 Å². The third-order valence-corrected chi connectivity index (χ3v) is 4.44. The summed E-state index contributed by atoms with van der Waals surface area (Å²) < 4.78 is 0. The van der Waals surface area contributed by atoms with Gasteiger partial charge in [-0.3, -0.25) is 0 Å². The van der Waals surface area contributed by atoms with E-state index in [2.05, 4.69) is 24.3 Å². The Morgan fingerprint density at radius 2 is 1.18 bits per heavy atom. The molecule has 0 fully saturated rings. The fourth-order valence-corrected chi connectivity index (χ4v) is 2.92. The van der Waals surface area contributed by atoms with Crippen LogP contribution in [0.3, 0.4) is 0 Å². The molecule has 109 valence electrons. The van der Waals surface area contributed by atoms with Gasteiger partial charge in [0, 0.05) is 10.0 Å². The first-order valence-electron chi connectivity index (χ1n) is 7.19. The molecule has 0 saturated carbocycles. The molecule has 0 unspecified atom stereocenters. The van der Waals surface area contributed by atoms with Crippen molar-refractivity contribution in [3.05, 3.63) is 105 Å². The van der Waals surface area contributed by atoms with E-state index >= 15 is 0 Å². The van der Waals surface area contributed by atoms with E-state index in [0.29, 0.717) is 0 Å². The molecule has 0 N–H and O–H groups in total. The van der Waals surface area contributed by atoms with E-state index in [-0.39, 0.29) is 0 Å². The van der Waals surface area contributed by atoms with Gasteiger partial charge in [0.15, 0.2) is 0 Å². The summed E-state index contributed by atoms with van der Waals surface area (Å²) in [5.41, 5.74) is 4.64. The molecule has 0 aliphatic rings. The quantitative estimate of drug-likeness (QED) is 0.553. The van der Waals surface area contributed by atoms with Crippen molar-refractivity contribution in [3.8, 4) is 0 Å². The molecule has 3 aromatic rings. The molecule has 0 aliphatic heterocycles. The van der Waals surface area contributed by atoms with Gasteiger partial charge in [0.05, 0.1) is 0 Å². The van der Waals surface area contributed by atoms with Gasteiger partial charge < -0.3 is 0 Å². The Hall–Kier alpha value is -1.76. The van der Waals surface area contributed by atoms with Crippen LogP contribution >= 0.6 is 23.2 Å². The SMILES string of the molecule is Clc1ccccc1Cc1[c]cccc1Cc1ccccc1Cl. The molecule has 0 bridgehead atoms. The number of hydrogen-bond acceptors (Lipinski definition) is 0. The van der Waals surface area contributed by atoms with E-state index in [1.54, 1.807) is 0 Å². The molecule has 0 aliphatic carbocycles. The van der Waals surface area contributed by atoms with Crippen LogP contribution in [0.1, 0.15) is 22.3 Å². The van der Waals surface area contributed by atoms with Crippen LogP contribution in [0.2, 0.25) is 10.0 Å². The summed E-state index contributed by atoms with van der Waals surface area (Å²) in [6.07, 6.45) is 1.58. The summed E-state index contributed by atoms with van der Waals surface area (Å²) in [6.45, 7) is 0. The van der Waals surface area contributed by atoms with Gasteiger partial charge in [0.2, 0.25) is 0 Å². The molecule has 0 saturated heterocycles. The van der Waals surface area contributed by atoms with Crippen LogP contribution in [0, 0.1) is 6.07 Å². The second-order valence-electron chi connectivity index (χ2n) is 5.21. The highest BCUT2D eigenvalue weighted by Crippen LogP contribution is 2.24. The fourth-order valence-electron chi connectivity index (χ4n) is 2.52. The van der Waals surface area contributed by atoms with Crippen molar-refractivity contribution in [2.45, 2.75) is 12.8 Å². The van der Waals surface area contributed by atoms with E-state index in [1.165, 1.54) is 5.56 Å². The van der Waals surface area contributed by atoms with Gasteiger partial charge in [-0.1, -0.05) is 77.8 Å². The zero-order valence-electron chi connectivity index (χ0n) is 12.0. The zero-order chi connectivity index (χ0) is 15.4. The highest BCUT2D eigenvalue weighted by Gasteiger charge is 2.08. The third-order valence-electron chi connectivity index (χ3n) is 3.70. The summed E-state index contributed by atoms with van der Waals surface area (Å²) in [7, 11) is 0. The van der Waals surface area contributed by atoms with Crippen LogP contribution in [-0.2, 0) is 12.8 Å². The molecule has 2 heteroatoms. The molecule has 0 atom stereocenters. The average Bonchev–Trinajstić information content (AvgIpc) is 2.53. The van der Waals surface area contributed by atoms with Crippen molar-refractivity contribution in [2.75, 3.05) is 0 Å². The van der Waals surface area contributed by atoms with Crippen LogP contribution in [-0.4, -0.2) is 0 Å². The summed E-state index contributed by atoms with van der Waals surface area (Å²) in [6, 6.07) is 25.3. The minimum Gasteiger partial charge on any atom is -0.0840 e. The van der Waals surface area contributed by atoms with E-state index in [0.717, 1.165) is 39.6 Å². The Balaban J connectivity index is 1.91. The van der Waals surface area contributed by atoms with Gasteiger partial charge in [0.1, 0.15) is 0 Å². The van der Waals surface area contributed by atoms with Gasteiger partial charge in [0.25, 0.3) is 0 Å². The molecule has 0 amide bonds. The maximum atomic E-state index is 6.28. The fraction of sp³-hybridized carbons (Fsp3) is 0.100. The van der Waals surface area contributed by atoms with E-state index in [1.807, 2.05) is 48.5 Å². The monoisotopic (exact) mass is 325 g/mol. The van der Waals surface area contributed by atoms with E-state index < -0.39 is 0 Å². The molecule has 1 radical (unpaired) electrons. The zero-order valence-corrected chi connectivity index (χ0v) is 13.5. The first-order valence-corrected chi connectivity index (χ1v) is 7.95. The minimum absolute atomic E-state index is 0.778. The smallest absolute Gasteiger partial charge is 0.0441 e. The molecule has 3 aromatic carbocycles. The maximum Gasteiger partial charge on any atom is 0.0441 e. The molecular formula is C20H15Cl2. The van der Waals surface area contributed by atoms with Crippen molar-refractivity contribution in [3.63, 3.8) is 0 Å². The van der Waals surface area contributed by atoms with Crippen molar-refractivity contribution in [1.29, 1.82) is 0 Å². The molecular weight excluding hydrogens is 311 g/mol. The van der Waals surface area contributed by atoms with Crippen LogP contribution in [0.25, 0.3) is 0 Å². The molecule has 0 heterocycles. The Bertz CT molecular complexity index is 711. The summed E-state index contributed by atoms with van der Waals surface area (Å²) >= 11 is 12.6. The minimum atomic E-state index is 0.778. The molecule has 0 spiro atoms. The standard InChI is InChI=1S/C20H15Cl2/c21-19-11-5-3-9-17(19)13-15-7-1-2-8-16(15)14-18-10-4-6-12-20(18)22/h1-7,9-12H,13-14H2. The van der Waals surface area contributed by atoms with Crippen molar-refractivity contribution in [2.24, 2.45) is 0 Å². The largest absolute Gasteiger partial charge is 0.0840 e. The summed E-state index contributed by atoms with van der Waals surface area (Å²) in [5.74, 6) is 0. The topological polar surface area (TPSA) is 0 Å². The average molecular weight is 326 g/mol. The lowest BCUT2D eigenvalue weighted by atomic mass is 9.95. The van der Waals surface area contributed by atoms with Gasteiger partial charge in [-0.2, -0.15) is 0 Å². The van der Waals surface area contributed by atoms with Crippen LogP contribution in [0.5, 0.6) is 0 Å². The van der Waals surface area contributed by atoms with E-state index in [4.69, 9.17) is 23.2 Å². The second kappa shape index (κ2) is 7.00. The number of halogens is 2. The molecule has 3 rings (SSSR count). The third kappa shape index (κ3) is 3.52. The Labute approximate surface area is 141 Å². The highest BCUT2D eigenvalue weighted by molar-refractivity contribution is 6.31. The predicted octanol–water partition coefficient (Wildman–Crippen LogP) is 5.98. The maximum absolute atomic E-state index is 6.28. The lowest BCUT2D eigenvalue weighted by Crippen LogP contribution is -1.98. The summed E-state index contributed by atoms with van der Waals surface area (Å²) in [5, 5.41) is 1.60. The predicted molar refractivity (Wildman–Crippen MR) is 93.8 cm³/mol. The lowest BCUT2D eigenvalue weighted by molar-refractivity contribution is 1.09. The Morgan fingerprint density at radius 1 is 0.636 bits per heavy atom. The second-order valence-corrected chi connectivity index (χ2v) is 6.02. The van der Waals surface area contributed by atoms with Crippen LogP contribution in [0.15, 0.2) is 66.7 Å². The van der Waals surface area contributed by atoms with Gasteiger partial charge in [-0.15, -0.1) is 0 Å². The molecule has 0 nitrogen and oxygen atoms in total. The normalized spacial score (nSPS) is 10.6. The lowest BCUT2D eigenvalue weighted by Gasteiger charge is -2.11. The number of benzene rings is 3. The van der Waals surface area contributed by atoms with Crippen molar-refractivity contribution < 1.29 is 0 Å². The van der Waals surface area contributed by atoms with Gasteiger partial charge in [-0.25, -0.2) is 0 Å². The summed E-state index contributed by atoms with van der Waals surface area (Å²) in [4.78, 5) is 0. The van der Waals surface area contributed by atoms with Gasteiger partial charge >= 0.3 is 0 Å². The van der Waals surface area contributed by atoms with Crippen LogP contribution in [0.4, 0.5) is 0 Å². The first kappa shape index (κ1) is 15.1. The number of hydrogen-bond donors (Lipinski definition) is 0. The Kier molecular flexibility index (Phi) is 4.82. The molecule has 0 aromatic heterocycles.